The zero-order chi connectivity index (χ0) is 23.2. The summed E-state index contributed by atoms with van der Waals surface area (Å²) in [5.74, 6) is -1.13. The van der Waals surface area contributed by atoms with Gasteiger partial charge >= 0.3 is 0 Å². The summed E-state index contributed by atoms with van der Waals surface area (Å²) < 4.78 is 34.3. The third kappa shape index (κ3) is 3.92. The SMILES string of the molecule is Cc1ccc(CNC(=O)c2cc(I)c3c(c2)N(Cc2cccc(F)c2F)C(=O)C3(C)C)o1. The van der Waals surface area contributed by atoms with Crippen molar-refractivity contribution in [1.29, 1.82) is 0 Å². The van der Waals surface area contributed by atoms with Crippen molar-refractivity contribution in [3.63, 3.8) is 0 Å². The van der Waals surface area contributed by atoms with E-state index in [0.717, 1.165) is 21.0 Å². The van der Waals surface area contributed by atoms with E-state index in [1.807, 2.05) is 13.0 Å². The first kappa shape index (κ1) is 22.4. The minimum atomic E-state index is -0.983. The zero-order valence-corrected chi connectivity index (χ0v) is 19.9. The van der Waals surface area contributed by atoms with Crippen LogP contribution in [-0.2, 0) is 23.3 Å². The summed E-state index contributed by atoms with van der Waals surface area (Å²) in [6.07, 6.45) is 0. The Bertz CT molecular complexity index is 1240. The maximum atomic E-state index is 14.3. The number of hydrogen-bond acceptors (Lipinski definition) is 3. The number of carbonyl (C=O) groups excluding carboxylic acids is 2. The van der Waals surface area contributed by atoms with Gasteiger partial charge in [0.25, 0.3) is 5.91 Å². The number of furan rings is 1. The fourth-order valence-electron chi connectivity index (χ4n) is 3.96. The van der Waals surface area contributed by atoms with Crippen LogP contribution in [0.5, 0.6) is 0 Å². The Kier molecular flexibility index (Phi) is 5.83. The Labute approximate surface area is 197 Å². The van der Waals surface area contributed by atoms with Crippen molar-refractivity contribution in [2.24, 2.45) is 0 Å². The highest BCUT2D eigenvalue weighted by atomic mass is 127. The predicted octanol–water partition coefficient (Wildman–Crippen LogP) is 5.23. The van der Waals surface area contributed by atoms with E-state index in [9.17, 15) is 18.4 Å². The molecule has 0 spiro atoms. The number of anilines is 1. The van der Waals surface area contributed by atoms with Crippen molar-refractivity contribution < 1.29 is 22.8 Å². The molecule has 0 saturated heterocycles. The van der Waals surface area contributed by atoms with Gasteiger partial charge in [-0.05, 0) is 73.7 Å². The van der Waals surface area contributed by atoms with E-state index in [-0.39, 0.29) is 30.5 Å². The van der Waals surface area contributed by atoms with E-state index in [4.69, 9.17) is 4.42 Å². The van der Waals surface area contributed by atoms with E-state index in [0.29, 0.717) is 17.0 Å². The summed E-state index contributed by atoms with van der Waals surface area (Å²) in [5, 5.41) is 2.81. The lowest BCUT2D eigenvalue weighted by atomic mass is 9.86. The highest BCUT2D eigenvalue weighted by molar-refractivity contribution is 14.1. The van der Waals surface area contributed by atoms with Crippen LogP contribution in [0.2, 0.25) is 0 Å². The molecule has 166 valence electrons. The average Bonchev–Trinajstić information content (AvgIpc) is 3.24. The van der Waals surface area contributed by atoms with Gasteiger partial charge in [0.15, 0.2) is 11.6 Å². The molecule has 0 radical (unpaired) electrons. The molecule has 0 aliphatic carbocycles. The number of hydrogen-bond donors (Lipinski definition) is 1. The largest absolute Gasteiger partial charge is 0.465 e. The molecule has 2 heterocycles. The van der Waals surface area contributed by atoms with Crippen LogP contribution in [0.25, 0.3) is 0 Å². The molecule has 1 aliphatic heterocycles. The number of fused-ring (bicyclic) bond motifs is 1. The number of halogens is 3. The Hall–Kier alpha value is -2.75. The standard InChI is InChI=1S/C24H21F2IN2O3/c1-13-7-8-16(32-13)11-28-22(30)15-9-18(27)20-19(10-15)29(23(31)24(20,2)3)12-14-5-4-6-17(25)21(14)26/h4-10H,11-12H2,1-3H3,(H,28,30). The van der Waals surface area contributed by atoms with E-state index >= 15 is 0 Å². The lowest BCUT2D eigenvalue weighted by Gasteiger charge is -2.21. The van der Waals surface area contributed by atoms with E-state index in [1.165, 1.54) is 17.0 Å². The maximum absolute atomic E-state index is 14.3. The molecule has 32 heavy (non-hydrogen) atoms. The van der Waals surface area contributed by atoms with Crippen molar-refractivity contribution in [3.8, 4) is 0 Å². The Balaban J connectivity index is 1.68. The summed E-state index contributed by atoms with van der Waals surface area (Å²) >= 11 is 2.11. The Morgan fingerprint density at radius 3 is 2.62 bits per heavy atom. The first-order valence-electron chi connectivity index (χ1n) is 10.0. The number of aryl methyl sites for hydroxylation is 1. The smallest absolute Gasteiger partial charge is 0.251 e. The number of rotatable bonds is 5. The van der Waals surface area contributed by atoms with Crippen LogP contribution in [0.1, 0.15) is 46.9 Å². The molecule has 2 amide bonds. The van der Waals surface area contributed by atoms with Crippen LogP contribution in [0, 0.1) is 22.1 Å². The lowest BCUT2D eigenvalue weighted by Crippen LogP contribution is -2.36. The average molecular weight is 550 g/mol. The molecule has 0 atom stereocenters. The highest BCUT2D eigenvalue weighted by Crippen LogP contribution is 2.45. The summed E-state index contributed by atoms with van der Waals surface area (Å²) in [6.45, 7) is 5.49. The topological polar surface area (TPSA) is 62.6 Å². The first-order chi connectivity index (χ1) is 15.1. The van der Waals surface area contributed by atoms with Crippen molar-refractivity contribution in [3.05, 3.63) is 85.9 Å². The summed E-state index contributed by atoms with van der Waals surface area (Å²) in [4.78, 5) is 27.5. The van der Waals surface area contributed by atoms with Gasteiger partial charge in [0.1, 0.15) is 11.5 Å². The lowest BCUT2D eigenvalue weighted by molar-refractivity contribution is -0.122. The van der Waals surface area contributed by atoms with Gasteiger partial charge in [0.2, 0.25) is 5.91 Å². The van der Waals surface area contributed by atoms with Crippen LogP contribution in [0.15, 0.2) is 46.9 Å². The second kappa shape index (κ2) is 8.31. The number of benzene rings is 2. The van der Waals surface area contributed by atoms with Gasteiger partial charge in [-0.25, -0.2) is 8.78 Å². The summed E-state index contributed by atoms with van der Waals surface area (Å²) in [6, 6.07) is 10.9. The number of nitrogens with one attached hydrogen (secondary N) is 1. The molecule has 0 bridgehead atoms. The van der Waals surface area contributed by atoms with Crippen LogP contribution < -0.4 is 10.2 Å². The molecule has 3 aromatic rings. The monoisotopic (exact) mass is 550 g/mol. The minimum absolute atomic E-state index is 0.0695. The first-order valence-corrected chi connectivity index (χ1v) is 11.1. The number of carbonyl (C=O) groups is 2. The van der Waals surface area contributed by atoms with Gasteiger partial charge in [0, 0.05) is 20.3 Å². The highest BCUT2D eigenvalue weighted by Gasteiger charge is 2.45. The molecule has 2 aromatic carbocycles. The fourth-order valence-corrected chi connectivity index (χ4v) is 5.24. The molecule has 0 unspecified atom stereocenters. The Morgan fingerprint density at radius 1 is 1.19 bits per heavy atom. The van der Waals surface area contributed by atoms with E-state index < -0.39 is 17.0 Å². The molecule has 1 aliphatic rings. The van der Waals surface area contributed by atoms with Crippen LogP contribution >= 0.6 is 22.6 Å². The van der Waals surface area contributed by atoms with Crippen LogP contribution in [0.4, 0.5) is 14.5 Å². The second-order valence-corrected chi connectivity index (χ2v) is 9.44. The predicted molar refractivity (Wildman–Crippen MR) is 124 cm³/mol. The maximum Gasteiger partial charge on any atom is 0.251 e. The molecule has 4 rings (SSSR count). The normalized spacial score (nSPS) is 14.6. The molecule has 8 heteroatoms. The quantitative estimate of drug-likeness (QED) is 0.443. The van der Waals surface area contributed by atoms with Gasteiger partial charge in [-0.2, -0.15) is 0 Å². The Morgan fingerprint density at radius 2 is 1.94 bits per heavy atom. The number of amides is 2. The van der Waals surface area contributed by atoms with Crippen molar-refractivity contribution in [2.75, 3.05) is 4.90 Å². The van der Waals surface area contributed by atoms with Crippen LogP contribution in [-0.4, -0.2) is 11.8 Å². The molecule has 1 N–H and O–H groups in total. The van der Waals surface area contributed by atoms with Crippen molar-refractivity contribution >= 4 is 40.1 Å². The van der Waals surface area contributed by atoms with E-state index in [1.54, 1.807) is 32.0 Å². The zero-order valence-electron chi connectivity index (χ0n) is 17.8. The fraction of sp³-hybridized carbons (Fsp3) is 0.250. The molecule has 0 saturated carbocycles. The van der Waals surface area contributed by atoms with Gasteiger partial charge in [-0.15, -0.1) is 0 Å². The van der Waals surface area contributed by atoms with Crippen LogP contribution in [0.3, 0.4) is 0 Å². The minimum Gasteiger partial charge on any atom is -0.465 e. The third-order valence-electron chi connectivity index (χ3n) is 5.61. The molecule has 0 fully saturated rings. The summed E-state index contributed by atoms with van der Waals surface area (Å²) in [5.41, 5.74) is 0.857. The second-order valence-electron chi connectivity index (χ2n) is 8.28. The van der Waals surface area contributed by atoms with Crippen molar-refractivity contribution in [2.45, 2.75) is 39.3 Å². The van der Waals surface area contributed by atoms with Gasteiger partial charge in [-0.3, -0.25) is 9.59 Å². The molecule has 1 aromatic heterocycles. The van der Waals surface area contributed by atoms with Gasteiger partial charge < -0.3 is 14.6 Å². The van der Waals surface area contributed by atoms with Gasteiger partial charge in [0.05, 0.1) is 24.2 Å². The van der Waals surface area contributed by atoms with E-state index in [2.05, 4.69) is 27.9 Å². The third-order valence-corrected chi connectivity index (χ3v) is 6.46. The van der Waals surface area contributed by atoms with Gasteiger partial charge in [-0.1, -0.05) is 12.1 Å². The summed E-state index contributed by atoms with van der Waals surface area (Å²) in [7, 11) is 0. The van der Waals surface area contributed by atoms with Crippen molar-refractivity contribution in [1.82, 2.24) is 5.32 Å². The molecular weight excluding hydrogens is 529 g/mol. The number of nitrogens with zero attached hydrogens (tertiary/aromatic N) is 1. The molecule has 5 nitrogen and oxygen atoms in total. The molecular formula is C24H21F2IN2O3.